The summed E-state index contributed by atoms with van der Waals surface area (Å²) in [6.45, 7) is 3.72. The Bertz CT molecular complexity index is 611. The van der Waals surface area contributed by atoms with Crippen molar-refractivity contribution in [1.29, 1.82) is 0 Å². The first-order valence-corrected chi connectivity index (χ1v) is 5.82. The zero-order valence-electron chi connectivity index (χ0n) is 9.80. The summed E-state index contributed by atoms with van der Waals surface area (Å²) in [7, 11) is 0. The lowest BCUT2D eigenvalue weighted by molar-refractivity contribution is 0.0456. The van der Waals surface area contributed by atoms with Gasteiger partial charge in [0.05, 0.1) is 5.56 Å². The first-order chi connectivity index (χ1) is 8.79. The third-order valence-corrected chi connectivity index (χ3v) is 3.16. The molecule has 3 rings (SSSR count). The maximum absolute atomic E-state index is 11.7. The minimum atomic E-state index is -0.285. The van der Waals surface area contributed by atoms with Gasteiger partial charge < -0.3 is 4.74 Å². The molecule has 0 saturated carbocycles. The molecule has 0 saturated heterocycles. The van der Waals surface area contributed by atoms with E-state index in [9.17, 15) is 4.79 Å². The van der Waals surface area contributed by atoms with Gasteiger partial charge in [0, 0.05) is 5.56 Å². The van der Waals surface area contributed by atoms with Gasteiger partial charge in [0.2, 0.25) is 0 Å². The van der Waals surface area contributed by atoms with E-state index in [2.05, 4.69) is 6.58 Å². The molecule has 0 amide bonds. The predicted octanol–water partition coefficient (Wildman–Crippen LogP) is 3.59. The molecule has 2 aromatic rings. The number of ether oxygens (including phenoxy) is 1. The van der Waals surface area contributed by atoms with Crippen LogP contribution in [0.25, 0.3) is 6.08 Å². The van der Waals surface area contributed by atoms with E-state index in [4.69, 9.17) is 4.74 Å². The quantitative estimate of drug-likeness (QED) is 0.745. The van der Waals surface area contributed by atoms with Crippen molar-refractivity contribution in [2.45, 2.75) is 6.10 Å². The molecule has 0 bridgehead atoms. The van der Waals surface area contributed by atoms with Crippen molar-refractivity contribution in [1.82, 2.24) is 0 Å². The zero-order valence-corrected chi connectivity index (χ0v) is 9.80. The fourth-order valence-electron chi connectivity index (χ4n) is 2.20. The smallest absolute Gasteiger partial charge is 0.339 e. The highest BCUT2D eigenvalue weighted by atomic mass is 16.5. The van der Waals surface area contributed by atoms with Crippen LogP contribution in [0.4, 0.5) is 0 Å². The van der Waals surface area contributed by atoms with Gasteiger partial charge in [0.15, 0.2) is 6.10 Å². The van der Waals surface area contributed by atoms with Gasteiger partial charge in [0.25, 0.3) is 0 Å². The lowest BCUT2D eigenvalue weighted by atomic mass is 9.98. The van der Waals surface area contributed by atoms with Gasteiger partial charge in [-0.05, 0) is 17.2 Å². The highest BCUT2D eigenvalue weighted by Gasteiger charge is 2.31. The van der Waals surface area contributed by atoms with Crippen molar-refractivity contribution in [3.05, 3.63) is 77.4 Å². The van der Waals surface area contributed by atoms with Gasteiger partial charge in [-0.15, -0.1) is 0 Å². The summed E-state index contributed by atoms with van der Waals surface area (Å²) in [5.41, 5.74) is 3.64. The molecule has 1 aliphatic rings. The second-order valence-corrected chi connectivity index (χ2v) is 4.24. The van der Waals surface area contributed by atoms with Crippen LogP contribution in [0.3, 0.4) is 0 Å². The SMILES string of the molecule is C=Cc1ccc([C@@H]2OC(=O)c3ccccc32)cc1. The Morgan fingerprint density at radius 2 is 1.78 bits per heavy atom. The summed E-state index contributed by atoms with van der Waals surface area (Å²) >= 11 is 0. The molecule has 2 aromatic carbocycles. The van der Waals surface area contributed by atoms with Crippen molar-refractivity contribution < 1.29 is 9.53 Å². The molecule has 0 N–H and O–H groups in total. The van der Waals surface area contributed by atoms with Gasteiger partial charge in [-0.3, -0.25) is 0 Å². The van der Waals surface area contributed by atoms with Gasteiger partial charge in [0.1, 0.15) is 0 Å². The van der Waals surface area contributed by atoms with E-state index >= 15 is 0 Å². The number of carbonyl (C=O) groups is 1. The van der Waals surface area contributed by atoms with Gasteiger partial charge in [-0.2, -0.15) is 0 Å². The minimum Gasteiger partial charge on any atom is -0.449 e. The Balaban J connectivity index is 2.03. The Kier molecular flexibility index (Phi) is 2.49. The molecule has 1 atom stereocenters. The van der Waals surface area contributed by atoms with E-state index in [0.29, 0.717) is 5.56 Å². The molecule has 0 radical (unpaired) electrons. The van der Waals surface area contributed by atoms with Gasteiger partial charge in [-0.25, -0.2) is 4.79 Å². The molecule has 1 aliphatic heterocycles. The first kappa shape index (κ1) is 10.8. The molecule has 18 heavy (non-hydrogen) atoms. The van der Waals surface area contributed by atoms with Crippen molar-refractivity contribution >= 4 is 12.0 Å². The van der Waals surface area contributed by atoms with Crippen LogP contribution in [-0.2, 0) is 4.74 Å². The van der Waals surface area contributed by atoms with Gasteiger partial charge in [-0.1, -0.05) is 55.1 Å². The lowest BCUT2D eigenvalue weighted by Gasteiger charge is -2.11. The first-order valence-electron chi connectivity index (χ1n) is 5.82. The Labute approximate surface area is 106 Å². The van der Waals surface area contributed by atoms with Crippen LogP contribution in [0, 0.1) is 0 Å². The van der Waals surface area contributed by atoms with Crippen LogP contribution in [0.1, 0.15) is 33.2 Å². The summed E-state index contributed by atoms with van der Waals surface area (Å²) < 4.78 is 5.43. The normalized spacial score (nSPS) is 17.1. The third-order valence-electron chi connectivity index (χ3n) is 3.16. The number of esters is 1. The number of benzene rings is 2. The molecule has 2 heteroatoms. The molecule has 88 valence electrons. The number of rotatable bonds is 2. The molecular formula is C16H12O2. The summed E-state index contributed by atoms with van der Waals surface area (Å²) in [4.78, 5) is 11.7. The fourth-order valence-corrected chi connectivity index (χ4v) is 2.20. The van der Waals surface area contributed by atoms with E-state index < -0.39 is 0 Å². The highest BCUT2D eigenvalue weighted by molar-refractivity contribution is 5.94. The summed E-state index contributed by atoms with van der Waals surface area (Å²) in [5.74, 6) is -0.247. The molecule has 0 fully saturated rings. The lowest BCUT2D eigenvalue weighted by Crippen LogP contribution is -2.00. The zero-order chi connectivity index (χ0) is 12.5. The van der Waals surface area contributed by atoms with Crippen molar-refractivity contribution in [3.63, 3.8) is 0 Å². The van der Waals surface area contributed by atoms with Crippen molar-refractivity contribution in [2.24, 2.45) is 0 Å². The number of cyclic esters (lactones) is 1. The fraction of sp³-hybridized carbons (Fsp3) is 0.0625. The van der Waals surface area contributed by atoms with Crippen LogP contribution < -0.4 is 0 Å². The summed E-state index contributed by atoms with van der Waals surface area (Å²) in [6.07, 6.45) is 1.51. The molecule has 1 heterocycles. The van der Waals surface area contributed by atoms with Crippen molar-refractivity contribution in [3.8, 4) is 0 Å². The largest absolute Gasteiger partial charge is 0.449 e. The summed E-state index contributed by atoms with van der Waals surface area (Å²) in [5, 5.41) is 0. The standard InChI is InChI=1S/C16H12O2/c1-2-11-7-9-12(10-8-11)15-13-5-3-4-6-14(13)16(17)18-15/h2-10,15H,1H2/t15-/m0/s1. The monoisotopic (exact) mass is 236 g/mol. The maximum atomic E-state index is 11.7. The van der Waals surface area contributed by atoms with Crippen LogP contribution in [-0.4, -0.2) is 5.97 Å². The van der Waals surface area contributed by atoms with Crippen molar-refractivity contribution in [2.75, 3.05) is 0 Å². The second-order valence-electron chi connectivity index (χ2n) is 4.24. The van der Waals surface area contributed by atoms with Gasteiger partial charge >= 0.3 is 5.97 Å². The maximum Gasteiger partial charge on any atom is 0.339 e. The average Bonchev–Trinajstić information content (AvgIpc) is 2.77. The Morgan fingerprint density at radius 1 is 1.06 bits per heavy atom. The molecule has 0 aromatic heterocycles. The summed E-state index contributed by atoms with van der Waals surface area (Å²) in [6, 6.07) is 15.4. The van der Waals surface area contributed by atoms with E-state index in [1.54, 1.807) is 12.1 Å². The molecule has 0 spiro atoms. The average molecular weight is 236 g/mol. The molecule has 2 nitrogen and oxygen atoms in total. The minimum absolute atomic E-state index is 0.247. The predicted molar refractivity (Wildman–Crippen MR) is 70.2 cm³/mol. The highest BCUT2D eigenvalue weighted by Crippen LogP contribution is 2.35. The molecule has 0 unspecified atom stereocenters. The van der Waals surface area contributed by atoms with Crippen LogP contribution in [0.15, 0.2) is 55.1 Å². The van der Waals surface area contributed by atoms with Crippen LogP contribution in [0.2, 0.25) is 0 Å². The number of hydrogen-bond acceptors (Lipinski definition) is 2. The molecular weight excluding hydrogens is 224 g/mol. The van der Waals surface area contributed by atoms with E-state index in [0.717, 1.165) is 16.7 Å². The van der Waals surface area contributed by atoms with E-state index in [1.165, 1.54) is 0 Å². The number of carbonyl (C=O) groups excluding carboxylic acids is 1. The number of hydrogen-bond donors (Lipinski definition) is 0. The Hall–Kier alpha value is -2.35. The van der Waals surface area contributed by atoms with Crippen LogP contribution >= 0.6 is 0 Å². The molecule has 0 aliphatic carbocycles. The Morgan fingerprint density at radius 3 is 2.50 bits per heavy atom. The third kappa shape index (κ3) is 1.63. The van der Waals surface area contributed by atoms with E-state index in [1.807, 2.05) is 42.5 Å². The van der Waals surface area contributed by atoms with E-state index in [-0.39, 0.29) is 12.1 Å². The second kappa shape index (κ2) is 4.15. The number of fused-ring (bicyclic) bond motifs is 1. The van der Waals surface area contributed by atoms with Crippen LogP contribution in [0.5, 0.6) is 0 Å². The topological polar surface area (TPSA) is 26.3 Å².